The predicted molar refractivity (Wildman–Crippen MR) is 149 cm³/mol. The Kier molecular flexibility index (Phi) is 8.06. The summed E-state index contributed by atoms with van der Waals surface area (Å²) in [5.41, 5.74) is 6.79. The molecular weight excluding hydrogens is 506 g/mol. The minimum Gasteiger partial charge on any atom is -0.267 e. The highest BCUT2D eigenvalue weighted by molar-refractivity contribution is 7.92. The van der Waals surface area contributed by atoms with Crippen molar-refractivity contribution in [2.24, 2.45) is 5.10 Å². The number of hydrazone groups is 1. The van der Waals surface area contributed by atoms with Crippen molar-refractivity contribution in [2.45, 2.75) is 25.3 Å². The van der Waals surface area contributed by atoms with Crippen molar-refractivity contribution in [3.05, 3.63) is 130 Å². The smallest absolute Gasteiger partial charge is 0.267 e. The molecule has 0 saturated heterocycles. The Hall–Kier alpha value is -3.94. The fraction of sp³-hybridized carbons (Fsp3) is 0.103. The zero-order chi connectivity index (χ0) is 26.4. The van der Waals surface area contributed by atoms with Crippen molar-refractivity contribution in [1.29, 1.82) is 0 Å². The number of nitrogens with zero attached hydrogens (tertiary/aromatic N) is 2. The third-order valence-electron chi connectivity index (χ3n) is 5.84. The molecule has 0 aliphatic rings. The summed E-state index contributed by atoms with van der Waals surface area (Å²) in [6, 6.07) is 27.9. The van der Waals surface area contributed by atoms with Gasteiger partial charge in [0.1, 0.15) is 0 Å². The summed E-state index contributed by atoms with van der Waals surface area (Å²) < 4.78 is 28.6. The first-order valence-electron chi connectivity index (χ1n) is 11.6. The number of rotatable bonds is 8. The van der Waals surface area contributed by atoms with E-state index in [0.29, 0.717) is 27.4 Å². The fourth-order valence-corrected chi connectivity index (χ4v) is 5.40. The third-order valence-corrected chi connectivity index (χ3v) is 8.02. The molecule has 8 heteroatoms. The number of carbonyl (C=O) groups is 1. The van der Waals surface area contributed by atoms with Crippen molar-refractivity contribution in [3.63, 3.8) is 0 Å². The van der Waals surface area contributed by atoms with E-state index in [2.05, 4.69) is 10.5 Å². The van der Waals surface area contributed by atoms with E-state index in [0.717, 1.165) is 11.1 Å². The van der Waals surface area contributed by atoms with Gasteiger partial charge in [-0.05, 0) is 66.9 Å². The normalized spacial score (nSPS) is 11.4. The zero-order valence-corrected chi connectivity index (χ0v) is 22.0. The van der Waals surface area contributed by atoms with Gasteiger partial charge in [-0.15, -0.1) is 0 Å². The summed E-state index contributed by atoms with van der Waals surface area (Å²) in [4.78, 5) is 12.7. The van der Waals surface area contributed by atoms with Crippen LogP contribution >= 0.6 is 11.6 Å². The molecule has 0 spiro atoms. The Morgan fingerprint density at radius 3 is 2.24 bits per heavy atom. The number of amides is 1. The number of hydrogen-bond acceptors (Lipinski definition) is 4. The minimum absolute atomic E-state index is 0.0614. The van der Waals surface area contributed by atoms with Gasteiger partial charge in [-0.25, -0.2) is 13.8 Å². The van der Waals surface area contributed by atoms with Gasteiger partial charge >= 0.3 is 0 Å². The van der Waals surface area contributed by atoms with Gasteiger partial charge in [-0.2, -0.15) is 5.10 Å². The number of benzene rings is 4. The van der Waals surface area contributed by atoms with E-state index in [-0.39, 0.29) is 17.3 Å². The van der Waals surface area contributed by atoms with Crippen LogP contribution in [-0.4, -0.2) is 20.5 Å². The van der Waals surface area contributed by atoms with Gasteiger partial charge in [0, 0.05) is 10.6 Å². The molecule has 6 nitrogen and oxygen atoms in total. The number of halogens is 1. The summed E-state index contributed by atoms with van der Waals surface area (Å²) >= 11 is 6.32. The van der Waals surface area contributed by atoms with Crippen molar-refractivity contribution < 1.29 is 13.2 Å². The van der Waals surface area contributed by atoms with Crippen LogP contribution in [0.1, 0.15) is 32.6 Å². The molecule has 0 radical (unpaired) electrons. The van der Waals surface area contributed by atoms with Gasteiger partial charge in [-0.3, -0.25) is 9.10 Å². The minimum atomic E-state index is -3.88. The van der Waals surface area contributed by atoms with E-state index in [1.165, 1.54) is 4.31 Å². The second-order valence-corrected chi connectivity index (χ2v) is 10.8. The molecule has 1 N–H and O–H groups in total. The monoisotopic (exact) mass is 531 g/mol. The van der Waals surface area contributed by atoms with E-state index < -0.39 is 10.0 Å². The number of anilines is 1. The van der Waals surface area contributed by atoms with E-state index in [1.807, 2.05) is 31.2 Å². The maximum atomic E-state index is 13.6. The Morgan fingerprint density at radius 2 is 1.57 bits per heavy atom. The van der Waals surface area contributed by atoms with Crippen LogP contribution in [0.25, 0.3) is 0 Å². The molecule has 0 fully saturated rings. The van der Waals surface area contributed by atoms with E-state index in [1.54, 1.807) is 85.9 Å². The standard InChI is InChI=1S/C29H26ClN3O3S/c1-21-11-13-23(14-12-21)19-31-32-29(34)25-17-15-24(16-18-25)20-33(28-10-6-9-27(30)22(28)2)37(35,36)26-7-4-3-5-8-26/h3-19H,20H2,1-2H3,(H,32,34)/b31-19-. The number of nitrogens with one attached hydrogen (secondary N) is 1. The molecule has 1 amide bonds. The molecule has 4 aromatic carbocycles. The van der Waals surface area contributed by atoms with Gasteiger partial charge in [0.05, 0.1) is 23.3 Å². The highest BCUT2D eigenvalue weighted by Crippen LogP contribution is 2.32. The molecule has 0 aliphatic heterocycles. The van der Waals surface area contributed by atoms with Crippen molar-refractivity contribution in [1.82, 2.24) is 5.43 Å². The average molecular weight is 532 g/mol. The van der Waals surface area contributed by atoms with Crippen LogP contribution in [0.5, 0.6) is 0 Å². The molecule has 0 saturated carbocycles. The lowest BCUT2D eigenvalue weighted by atomic mass is 10.1. The summed E-state index contributed by atoms with van der Waals surface area (Å²) in [5.74, 6) is -0.366. The Morgan fingerprint density at radius 1 is 0.892 bits per heavy atom. The molecule has 0 atom stereocenters. The van der Waals surface area contributed by atoms with Gasteiger partial charge in [0.15, 0.2) is 0 Å². The van der Waals surface area contributed by atoms with E-state index >= 15 is 0 Å². The second-order valence-electron chi connectivity index (χ2n) is 8.52. The van der Waals surface area contributed by atoms with Crippen LogP contribution in [0.2, 0.25) is 5.02 Å². The zero-order valence-electron chi connectivity index (χ0n) is 20.4. The first kappa shape index (κ1) is 26.1. The van der Waals surface area contributed by atoms with Crippen molar-refractivity contribution >= 4 is 39.4 Å². The lowest BCUT2D eigenvalue weighted by Crippen LogP contribution is -2.31. The highest BCUT2D eigenvalue weighted by atomic mass is 35.5. The van der Waals surface area contributed by atoms with Crippen LogP contribution in [0, 0.1) is 13.8 Å². The van der Waals surface area contributed by atoms with Crippen molar-refractivity contribution in [2.75, 3.05) is 4.31 Å². The second kappa shape index (κ2) is 11.4. The molecule has 37 heavy (non-hydrogen) atoms. The highest BCUT2D eigenvalue weighted by Gasteiger charge is 2.27. The molecule has 4 rings (SSSR count). The Bertz CT molecular complexity index is 1520. The van der Waals surface area contributed by atoms with Crippen LogP contribution < -0.4 is 9.73 Å². The Labute approximate surface area is 222 Å². The molecular formula is C29H26ClN3O3S. The fourth-order valence-electron chi connectivity index (χ4n) is 3.70. The van der Waals surface area contributed by atoms with Gasteiger partial charge in [0.2, 0.25) is 0 Å². The van der Waals surface area contributed by atoms with Crippen LogP contribution in [0.15, 0.2) is 107 Å². The number of hydrogen-bond donors (Lipinski definition) is 1. The first-order chi connectivity index (χ1) is 17.8. The first-order valence-corrected chi connectivity index (χ1v) is 13.4. The third kappa shape index (κ3) is 6.25. The van der Waals surface area contributed by atoms with E-state index in [4.69, 9.17) is 11.6 Å². The van der Waals surface area contributed by atoms with E-state index in [9.17, 15) is 13.2 Å². The lowest BCUT2D eigenvalue weighted by Gasteiger charge is -2.26. The lowest BCUT2D eigenvalue weighted by molar-refractivity contribution is 0.0955. The number of aryl methyl sites for hydroxylation is 1. The molecule has 188 valence electrons. The maximum Gasteiger partial charge on any atom is 0.271 e. The summed E-state index contributed by atoms with van der Waals surface area (Å²) in [6.07, 6.45) is 1.57. The molecule has 4 aromatic rings. The SMILES string of the molecule is Cc1ccc(/C=N\NC(=O)c2ccc(CN(c3cccc(Cl)c3C)S(=O)(=O)c3ccccc3)cc2)cc1. The van der Waals surface area contributed by atoms with Crippen LogP contribution in [0.3, 0.4) is 0 Å². The van der Waals surface area contributed by atoms with Gasteiger partial charge < -0.3 is 0 Å². The topological polar surface area (TPSA) is 78.8 Å². The molecule has 0 heterocycles. The van der Waals surface area contributed by atoms with Crippen LogP contribution in [-0.2, 0) is 16.6 Å². The molecule has 0 unspecified atom stereocenters. The maximum absolute atomic E-state index is 13.6. The van der Waals surface area contributed by atoms with Gasteiger partial charge in [-0.1, -0.05) is 77.8 Å². The summed E-state index contributed by atoms with van der Waals surface area (Å²) in [5, 5.41) is 4.49. The quantitative estimate of drug-likeness (QED) is 0.220. The molecule has 0 aliphatic carbocycles. The average Bonchev–Trinajstić information content (AvgIpc) is 2.91. The predicted octanol–water partition coefficient (Wildman–Crippen LogP) is 6.12. The number of carbonyl (C=O) groups excluding carboxylic acids is 1. The largest absolute Gasteiger partial charge is 0.271 e. The molecule has 0 aromatic heterocycles. The molecule has 0 bridgehead atoms. The van der Waals surface area contributed by atoms with Gasteiger partial charge in [0.25, 0.3) is 15.9 Å². The summed E-state index contributed by atoms with van der Waals surface area (Å²) in [6.45, 7) is 3.85. The van der Waals surface area contributed by atoms with Crippen LogP contribution in [0.4, 0.5) is 5.69 Å². The summed E-state index contributed by atoms with van der Waals surface area (Å²) in [7, 11) is -3.88. The number of sulfonamides is 1. The Balaban J connectivity index is 1.55. The van der Waals surface area contributed by atoms with Crippen molar-refractivity contribution in [3.8, 4) is 0 Å².